The van der Waals surface area contributed by atoms with E-state index in [1.807, 2.05) is 7.05 Å². The molecule has 0 bridgehead atoms. The first kappa shape index (κ1) is 14.1. The molecule has 0 aromatic carbocycles. The van der Waals surface area contributed by atoms with Crippen molar-refractivity contribution >= 4 is 37.3 Å². The van der Waals surface area contributed by atoms with Gasteiger partial charge in [0.05, 0.1) is 3.79 Å². The molecule has 16 heavy (non-hydrogen) atoms. The lowest BCUT2D eigenvalue weighted by atomic mass is 10.4. The average molecular weight is 327 g/mol. The van der Waals surface area contributed by atoms with E-state index in [0.29, 0.717) is 15.2 Å². The van der Waals surface area contributed by atoms with E-state index in [-0.39, 0.29) is 6.04 Å². The van der Waals surface area contributed by atoms with E-state index in [4.69, 9.17) is 0 Å². The van der Waals surface area contributed by atoms with Gasteiger partial charge >= 0.3 is 0 Å². The van der Waals surface area contributed by atoms with Crippen LogP contribution in [0.4, 0.5) is 0 Å². The van der Waals surface area contributed by atoms with Gasteiger partial charge in [0.25, 0.3) is 0 Å². The fraction of sp³-hybridized carbons (Fsp3) is 0.556. The summed E-state index contributed by atoms with van der Waals surface area (Å²) in [6.07, 6.45) is 0. The largest absolute Gasteiger partial charge is 0.315 e. The van der Waals surface area contributed by atoms with E-state index >= 15 is 0 Å². The summed E-state index contributed by atoms with van der Waals surface area (Å²) in [6.45, 7) is 4.26. The molecule has 0 spiro atoms. The van der Waals surface area contributed by atoms with Gasteiger partial charge < -0.3 is 5.32 Å². The molecule has 0 saturated heterocycles. The quantitative estimate of drug-likeness (QED) is 0.869. The van der Waals surface area contributed by atoms with Crippen LogP contribution in [0.15, 0.2) is 14.7 Å². The summed E-state index contributed by atoms with van der Waals surface area (Å²) in [6, 6.07) is 1.58. The monoisotopic (exact) mass is 326 g/mol. The maximum absolute atomic E-state index is 11.9. The molecule has 1 heterocycles. The molecular formula is C9H15BrN2O2S2. The van der Waals surface area contributed by atoms with Gasteiger partial charge in [-0.2, -0.15) is 0 Å². The van der Waals surface area contributed by atoms with Crippen molar-refractivity contribution < 1.29 is 8.42 Å². The molecule has 7 heteroatoms. The normalized spacial score (nSPS) is 12.3. The van der Waals surface area contributed by atoms with Crippen LogP contribution in [0, 0.1) is 0 Å². The average Bonchev–Trinajstić information content (AvgIpc) is 2.45. The highest BCUT2D eigenvalue weighted by Crippen LogP contribution is 2.31. The Morgan fingerprint density at radius 3 is 2.62 bits per heavy atom. The molecule has 1 rings (SSSR count). The Labute approximate surface area is 109 Å². The molecule has 0 aliphatic heterocycles. The van der Waals surface area contributed by atoms with Gasteiger partial charge in [0.1, 0.15) is 4.90 Å². The summed E-state index contributed by atoms with van der Waals surface area (Å²) in [5.41, 5.74) is 0. The second-order valence-electron chi connectivity index (χ2n) is 3.66. The predicted octanol–water partition coefficient (Wildman–Crippen LogP) is 1.92. The Balaban J connectivity index is 3.03. The van der Waals surface area contributed by atoms with Crippen LogP contribution < -0.4 is 10.0 Å². The van der Waals surface area contributed by atoms with E-state index in [1.54, 1.807) is 19.9 Å². The summed E-state index contributed by atoms with van der Waals surface area (Å²) >= 11 is 4.71. The van der Waals surface area contributed by atoms with Gasteiger partial charge in [0, 0.05) is 17.5 Å². The van der Waals surface area contributed by atoms with Crippen molar-refractivity contribution in [3.05, 3.63) is 14.7 Å². The summed E-state index contributed by atoms with van der Waals surface area (Å²) < 4.78 is 27.1. The number of rotatable bonds is 5. The lowest BCUT2D eigenvalue weighted by Gasteiger charge is -2.08. The number of nitrogens with one attached hydrogen (secondary N) is 2. The third kappa shape index (κ3) is 3.53. The zero-order valence-electron chi connectivity index (χ0n) is 9.37. The first-order chi connectivity index (χ1) is 7.36. The third-order valence-electron chi connectivity index (χ3n) is 1.74. The molecule has 92 valence electrons. The fourth-order valence-corrected chi connectivity index (χ4v) is 5.16. The Morgan fingerprint density at radius 2 is 2.12 bits per heavy atom. The van der Waals surface area contributed by atoms with Crippen molar-refractivity contribution in [3.8, 4) is 0 Å². The highest BCUT2D eigenvalue weighted by molar-refractivity contribution is 9.11. The van der Waals surface area contributed by atoms with E-state index in [1.165, 1.54) is 11.3 Å². The number of hydrogen-bond donors (Lipinski definition) is 2. The molecule has 4 nitrogen and oxygen atoms in total. The Hall–Kier alpha value is 0.0500. The van der Waals surface area contributed by atoms with Crippen LogP contribution in [0.2, 0.25) is 0 Å². The van der Waals surface area contributed by atoms with Gasteiger partial charge in [-0.25, -0.2) is 13.1 Å². The van der Waals surface area contributed by atoms with Crippen molar-refractivity contribution in [1.82, 2.24) is 10.0 Å². The van der Waals surface area contributed by atoms with Crippen molar-refractivity contribution in [2.75, 3.05) is 7.05 Å². The fourth-order valence-electron chi connectivity index (χ4n) is 1.22. The topological polar surface area (TPSA) is 58.2 Å². The molecule has 1 aromatic heterocycles. The van der Waals surface area contributed by atoms with Crippen molar-refractivity contribution in [3.63, 3.8) is 0 Å². The van der Waals surface area contributed by atoms with Gasteiger partial charge in [-0.15, -0.1) is 11.3 Å². The number of hydrogen-bond acceptors (Lipinski definition) is 4. The van der Waals surface area contributed by atoms with Gasteiger partial charge in [-0.05, 0) is 42.9 Å². The summed E-state index contributed by atoms with van der Waals surface area (Å²) in [5.74, 6) is 0. The van der Waals surface area contributed by atoms with Crippen molar-refractivity contribution in [2.45, 2.75) is 31.3 Å². The van der Waals surface area contributed by atoms with Crippen LogP contribution in [0.25, 0.3) is 0 Å². The van der Waals surface area contributed by atoms with E-state index in [9.17, 15) is 8.42 Å². The zero-order chi connectivity index (χ0) is 12.3. The van der Waals surface area contributed by atoms with Gasteiger partial charge in [-0.3, -0.25) is 0 Å². The number of thiophene rings is 1. The molecule has 0 fully saturated rings. The minimum Gasteiger partial charge on any atom is -0.315 e. The summed E-state index contributed by atoms with van der Waals surface area (Å²) in [7, 11) is -1.57. The number of halogens is 1. The maximum Gasteiger partial charge on any atom is 0.242 e. The maximum atomic E-state index is 11.9. The van der Waals surface area contributed by atoms with E-state index in [2.05, 4.69) is 26.0 Å². The zero-order valence-corrected chi connectivity index (χ0v) is 12.6. The van der Waals surface area contributed by atoms with Crippen molar-refractivity contribution in [2.24, 2.45) is 0 Å². The predicted molar refractivity (Wildman–Crippen MR) is 70.2 cm³/mol. The first-order valence-electron chi connectivity index (χ1n) is 4.82. The SMILES string of the molecule is CNCc1cc(S(=O)(=O)NC(C)C)c(Br)s1. The van der Waals surface area contributed by atoms with Crippen molar-refractivity contribution in [1.29, 1.82) is 0 Å². The van der Waals surface area contributed by atoms with Crippen LogP contribution in [0.5, 0.6) is 0 Å². The smallest absolute Gasteiger partial charge is 0.242 e. The highest BCUT2D eigenvalue weighted by Gasteiger charge is 2.21. The second-order valence-corrected chi connectivity index (χ2v) is 7.79. The molecule has 2 N–H and O–H groups in total. The van der Waals surface area contributed by atoms with Crippen LogP contribution in [-0.2, 0) is 16.6 Å². The summed E-state index contributed by atoms with van der Waals surface area (Å²) in [5, 5.41) is 2.99. The van der Waals surface area contributed by atoms with Gasteiger partial charge in [0.2, 0.25) is 10.0 Å². The Kier molecular flexibility index (Phi) is 4.93. The van der Waals surface area contributed by atoms with E-state index in [0.717, 1.165) is 4.88 Å². The first-order valence-corrected chi connectivity index (χ1v) is 7.91. The molecule has 0 aliphatic rings. The minimum absolute atomic E-state index is 0.107. The van der Waals surface area contributed by atoms with Crippen LogP contribution >= 0.6 is 27.3 Å². The lowest BCUT2D eigenvalue weighted by molar-refractivity contribution is 0.570. The van der Waals surface area contributed by atoms with E-state index < -0.39 is 10.0 Å². The molecular weight excluding hydrogens is 312 g/mol. The second kappa shape index (κ2) is 5.59. The highest BCUT2D eigenvalue weighted by atomic mass is 79.9. The molecule has 1 aromatic rings. The third-order valence-corrected chi connectivity index (χ3v) is 5.65. The Bertz CT molecular complexity index is 454. The van der Waals surface area contributed by atoms with Crippen LogP contribution in [0.3, 0.4) is 0 Å². The summed E-state index contributed by atoms with van der Waals surface area (Å²) in [4.78, 5) is 1.30. The molecule has 0 radical (unpaired) electrons. The molecule has 0 unspecified atom stereocenters. The van der Waals surface area contributed by atoms with Gasteiger partial charge in [0.15, 0.2) is 0 Å². The molecule has 0 amide bonds. The standard InChI is InChI=1S/C9H15BrN2O2S2/c1-6(2)12-16(13,14)8-4-7(5-11-3)15-9(8)10/h4,6,11-12H,5H2,1-3H3. The van der Waals surface area contributed by atoms with Crippen LogP contribution in [0.1, 0.15) is 18.7 Å². The van der Waals surface area contributed by atoms with Gasteiger partial charge in [-0.1, -0.05) is 0 Å². The molecule has 0 atom stereocenters. The lowest BCUT2D eigenvalue weighted by Crippen LogP contribution is -2.30. The van der Waals surface area contributed by atoms with Crippen LogP contribution in [-0.4, -0.2) is 21.5 Å². The number of sulfonamides is 1. The molecule has 0 aliphatic carbocycles. The minimum atomic E-state index is -3.40. The molecule has 0 saturated carbocycles. The Morgan fingerprint density at radius 1 is 1.50 bits per heavy atom.